The van der Waals surface area contributed by atoms with Gasteiger partial charge in [-0.15, -0.1) is 0 Å². The number of rotatable bonds is 3. The smallest absolute Gasteiger partial charge is 0.263 e. The van der Waals surface area contributed by atoms with Gasteiger partial charge in [0.2, 0.25) is 0 Å². The zero-order valence-corrected chi connectivity index (χ0v) is 12.6. The predicted octanol–water partition coefficient (Wildman–Crippen LogP) is 2.99. The first-order valence-electron chi connectivity index (χ1n) is 6.26. The van der Waals surface area contributed by atoms with Gasteiger partial charge in [-0.1, -0.05) is 18.2 Å². The summed E-state index contributed by atoms with van der Waals surface area (Å²) in [5.74, 6) is 0. The molecule has 0 bridgehead atoms. The second-order valence-corrected chi connectivity index (χ2v) is 6.55. The quantitative estimate of drug-likeness (QED) is 0.854. The first-order valence-corrected chi connectivity index (χ1v) is 7.75. The van der Waals surface area contributed by atoms with Gasteiger partial charge in [-0.3, -0.25) is 4.72 Å². The van der Waals surface area contributed by atoms with Crippen molar-refractivity contribution in [2.45, 2.75) is 25.7 Å². The van der Waals surface area contributed by atoms with Crippen LogP contribution in [0.4, 0.5) is 11.4 Å². The molecule has 0 aliphatic carbocycles. The molecule has 0 amide bonds. The second kappa shape index (κ2) is 5.17. The van der Waals surface area contributed by atoms with E-state index in [1.165, 1.54) is 6.07 Å². The van der Waals surface area contributed by atoms with Gasteiger partial charge in [0.05, 0.1) is 11.4 Å². The normalized spacial score (nSPS) is 11.3. The van der Waals surface area contributed by atoms with E-state index in [0.29, 0.717) is 5.69 Å². The molecule has 3 N–H and O–H groups in total. The van der Waals surface area contributed by atoms with Crippen LogP contribution in [0.5, 0.6) is 0 Å². The molecule has 2 aromatic rings. The average molecular weight is 290 g/mol. The van der Waals surface area contributed by atoms with Crippen LogP contribution >= 0.6 is 0 Å². The Morgan fingerprint density at radius 3 is 2.40 bits per heavy atom. The summed E-state index contributed by atoms with van der Waals surface area (Å²) in [6.07, 6.45) is 0. The van der Waals surface area contributed by atoms with E-state index < -0.39 is 10.0 Å². The number of nitrogens with two attached hydrogens (primary N) is 1. The van der Waals surface area contributed by atoms with Crippen molar-refractivity contribution >= 4 is 21.4 Å². The molecule has 0 spiro atoms. The highest BCUT2D eigenvalue weighted by Gasteiger charge is 2.18. The monoisotopic (exact) mass is 290 g/mol. The molecule has 0 atom stereocenters. The van der Waals surface area contributed by atoms with Crippen LogP contribution in [0.3, 0.4) is 0 Å². The summed E-state index contributed by atoms with van der Waals surface area (Å²) in [6, 6.07) is 10.4. The Morgan fingerprint density at radius 2 is 1.75 bits per heavy atom. The third-order valence-corrected chi connectivity index (χ3v) is 4.74. The van der Waals surface area contributed by atoms with Gasteiger partial charge in [-0.05, 0) is 55.7 Å². The van der Waals surface area contributed by atoms with Crippen LogP contribution in [0.1, 0.15) is 16.7 Å². The highest BCUT2D eigenvalue weighted by Crippen LogP contribution is 2.25. The van der Waals surface area contributed by atoms with Crippen LogP contribution < -0.4 is 10.5 Å². The fourth-order valence-corrected chi connectivity index (χ4v) is 3.21. The van der Waals surface area contributed by atoms with Gasteiger partial charge in [0.25, 0.3) is 10.0 Å². The molecule has 0 saturated carbocycles. The van der Waals surface area contributed by atoms with Crippen LogP contribution in [0, 0.1) is 20.8 Å². The summed E-state index contributed by atoms with van der Waals surface area (Å²) in [5.41, 5.74) is 9.49. The van der Waals surface area contributed by atoms with Crippen molar-refractivity contribution in [3.63, 3.8) is 0 Å². The first-order chi connectivity index (χ1) is 9.31. The highest BCUT2D eigenvalue weighted by atomic mass is 32.2. The fourth-order valence-electron chi connectivity index (χ4n) is 1.97. The maximum absolute atomic E-state index is 12.4. The summed E-state index contributed by atoms with van der Waals surface area (Å²) in [7, 11) is -3.68. The molecule has 0 aliphatic heterocycles. The minimum absolute atomic E-state index is 0.101. The fraction of sp³-hybridized carbons (Fsp3) is 0.200. The van der Waals surface area contributed by atoms with Crippen molar-refractivity contribution in [2.24, 2.45) is 0 Å². The summed E-state index contributed by atoms with van der Waals surface area (Å²) in [5, 5.41) is 0. The largest absolute Gasteiger partial charge is 0.398 e. The molecular formula is C15H18N2O2S. The van der Waals surface area contributed by atoms with Gasteiger partial charge < -0.3 is 5.73 Å². The third-order valence-electron chi connectivity index (χ3n) is 3.30. The minimum Gasteiger partial charge on any atom is -0.398 e. The lowest BCUT2D eigenvalue weighted by Crippen LogP contribution is -2.15. The Morgan fingerprint density at radius 1 is 1.05 bits per heavy atom. The van der Waals surface area contributed by atoms with Crippen molar-refractivity contribution in [3.05, 3.63) is 53.1 Å². The molecule has 2 rings (SSSR count). The molecule has 0 unspecified atom stereocenters. The van der Waals surface area contributed by atoms with E-state index in [2.05, 4.69) is 4.72 Å². The maximum Gasteiger partial charge on any atom is 0.263 e. The van der Waals surface area contributed by atoms with Gasteiger partial charge >= 0.3 is 0 Å². The first kappa shape index (κ1) is 14.4. The van der Waals surface area contributed by atoms with E-state index in [1.807, 2.05) is 32.9 Å². The number of aryl methyl sites for hydroxylation is 2. The van der Waals surface area contributed by atoms with Gasteiger partial charge in [-0.25, -0.2) is 8.42 Å². The number of nitrogen functional groups attached to an aromatic ring is 1. The molecule has 0 heterocycles. The number of hydrogen-bond donors (Lipinski definition) is 2. The minimum atomic E-state index is -3.68. The van der Waals surface area contributed by atoms with Gasteiger partial charge in [-0.2, -0.15) is 0 Å². The lowest BCUT2D eigenvalue weighted by molar-refractivity contribution is 0.601. The molecule has 0 aromatic heterocycles. The van der Waals surface area contributed by atoms with E-state index in [4.69, 9.17) is 5.73 Å². The van der Waals surface area contributed by atoms with Crippen LogP contribution in [0.15, 0.2) is 41.3 Å². The van der Waals surface area contributed by atoms with Crippen LogP contribution in [-0.2, 0) is 10.0 Å². The molecule has 0 radical (unpaired) electrons. The van der Waals surface area contributed by atoms with Crippen molar-refractivity contribution < 1.29 is 8.42 Å². The number of sulfonamides is 1. The number of nitrogens with one attached hydrogen (secondary N) is 1. The van der Waals surface area contributed by atoms with Gasteiger partial charge in [0, 0.05) is 0 Å². The van der Waals surface area contributed by atoms with Crippen molar-refractivity contribution in [1.82, 2.24) is 0 Å². The maximum atomic E-state index is 12.4. The Hall–Kier alpha value is -2.01. The highest BCUT2D eigenvalue weighted by molar-refractivity contribution is 7.92. The zero-order chi connectivity index (χ0) is 14.9. The number of anilines is 2. The van der Waals surface area contributed by atoms with Crippen LogP contribution in [0.2, 0.25) is 0 Å². The molecular weight excluding hydrogens is 272 g/mol. The summed E-state index contributed by atoms with van der Waals surface area (Å²) in [4.78, 5) is 0.101. The van der Waals surface area contributed by atoms with Crippen molar-refractivity contribution in [2.75, 3.05) is 10.5 Å². The second-order valence-electron chi connectivity index (χ2n) is 4.89. The molecule has 5 heteroatoms. The molecule has 0 aliphatic rings. The standard InChI is InChI=1S/C15H18N2O2S/c1-10-7-8-15(13(16)9-10)20(18,19)17-14-6-4-5-11(2)12(14)3/h4-9,17H,16H2,1-3H3. The van der Waals surface area contributed by atoms with Crippen LogP contribution in [0.25, 0.3) is 0 Å². The SMILES string of the molecule is Cc1ccc(S(=O)(=O)Nc2cccc(C)c2C)c(N)c1. The summed E-state index contributed by atoms with van der Waals surface area (Å²) < 4.78 is 27.4. The number of benzene rings is 2. The molecule has 106 valence electrons. The molecule has 0 saturated heterocycles. The van der Waals surface area contributed by atoms with Gasteiger partial charge in [0.1, 0.15) is 4.90 Å². The zero-order valence-electron chi connectivity index (χ0n) is 11.8. The Balaban J connectivity index is 2.44. The lowest BCUT2D eigenvalue weighted by atomic mass is 10.1. The van der Waals surface area contributed by atoms with Crippen molar-refractivity contribution in [1.29, 1.82) is 0 Å². The molecule has 2 aromatic carbocycles. The van der Waals surface area contributed by atoms with E-state index in [0.717, 1.165) is 16.7 Å². The molecule has 20 heavy (non-hydrogen) atoms. The van der Waals surface area contributed by atoms with Crippen molar-refractivity contribution in [3.8, 4) is 0 Å². The van der Waals surface area contributed by atoms with E-state index >= 15 is 0 Å². The topological polar surface area (TPSA) is 72.2 Å². The van der Waals surface area contributed by atoms with Crippen LogP contribution in [-0.4, -0.2) is 8.42 Å². The molecule has 0 fully saturated rings. The number of hydrogen-bond acceptors (Lipinski definition) is 3. The molecule has 4 nitrogen and oxygen atoms in total. The van der Waals surface area contributed by atoms with E-state index in [9.17, 15) is 8.42 Å². The van der Waals surface area contributed by atoms with Gasteiger partial charge in [0.15, 0.2) is 0 Å². The third kappa shape index (κ3) is 2.77. The van der Waals surface area contributed by atoms with E-state index in [1.54, 1.807) is 18.2 Å². The summed E-state index contributed by atoms with van der Waals surface area (Å²) in [6.45, 7) is 5.68. The van der Waals surface area contributed by atoms with E-state index in [-0.39, 0.29) is 10.6 Å². The summed E-state index contributed by atoms with van der Waals surface area (Å²) >= 11 is 0. The Bertz CT molecular complexity index is 752. The Kier molecular flexibility index (Phi) is 3.72. The Labute approximate surface area is 119 Å². The predicted molar refractivity (Wildman–Crippen MR) is 82.3 cm³/mol. The lowest BCUT2D eigenvalue weighted by Gasteiger charge is -2.13. The average Bonchev–Trinajstić information content (AvgIpc) is 2.34.